The fraction of sp³-hybridized carbons (Fsp3) is 0.500. The van der Waals surface area contributed by atoms with Gasteiger partial charge in [-0.1, -0.05) is 25.0 Å². The van der Waals surface area contributed by atoms with Gasteiger partial charge in [-0.2, -0.15) is 0 Å². The van der Waals surface area contributed by atoms with Crippen molar-refractivity contribution in [2.24, 2.45) is 0 Å². The summed E-state index contributed by atoms with van der Waals surface area (Å²) in [5, 5.41) is 15.3. The minimum absolute atomic E-state index is 0.133. The number of aliphatic hydroxyl groups is 1. The van der Waals surface area contributed by atoms with Crippen molar-refractivity contribution in [1.29, 1.82) is 0 Å². The molecule has 22 heavy (non-hydrogen) atoms. The highest BCUT2D eigenvalue weighted by Gasteiger charge is 2.17. The molecular weight excluding hydrogens is 274 g/mol. The van der Waals surface area contributed by atoms with Crippen LogP contribution in [0.25, 0.3) is 10.8 Å². The number of benzene rings is 1. The highest BCUT2D eigenvalue weighted by Crippen LogP contribution is 2.33. The lowest BCUT2D eigenvalue weighted by atomic mass is 10.0. The molecule has 0 radical (unpaired) electrons. The minimum atomic E-state index is 0.133. The van der Waals surface area contributed by atoms with Gasteiger partial charge in [-0.3, -0.25) is 0 Å². The molecule has 1 aromatic carbocycles. The number of hydrogen-bond acceptors (Lipinski definition) is 4. The Bertz CT molecular complexity index is 650. The summed E-state index contributed by atoms with van der Waals surface area (Å²) in [5.41, 5.74) is 2.40. The van der Waals surface area contributed by atoms with Crippen LogP contribution in [0.3, 0.4) is 0 Å². The second-order valence-electron chi connectivity index (χ2n) is 6.26. The van der Waals surface area contributed by atoms with Gasteiger partial charge in [0.2, 0.25) is 0 Å². The first-order valence-electron chi connectivity index (χ1n) is 8.17. The topological polar surface area (TPSA) is 48.4 Å². The average Bonchev–Trinajstić information content (AvgIpc) is 3.01. The van der Waals surface area contributed by atoms with Gasteiger partial charge in [0, 0.05) is 42.3 Å². The number of likely N-dealkylation sites (N-methyl/N-ethyl adjacent to an activating group) is 1. The molecule has 0 atom stereocenters. The minimum Gasteiger partial charge on any atom is -0.395 e. The lowest BCUT2D eigenvalue weighted by molar-refractivity contribution is 0.304. The normalized spacial score (nSPS) is 15.4. The number of nitrogens with one attached hydrogen (secondary N) is 1. The molecule has 0 unspecified atom stereocenters. The van der Waals surface area contributed by atoms with Crippen LogP contribution in [0.5, 0.6) is 0 Å². The Balaban J connectivity index is 2.04. The van der Waals surface area contributed by atoms with Crippen LogP contribution in [0, 0.1) is 6.92 Å². The largest absolute Gasteiger partial charge is 0.395 e. The highest BCUT2D eigenvalue weighted by atomic mass is 16.3. The fourth-order valence-corrected chi connectivity index (χ4v) is 3.43. The van der Waals surface area contributed by atoms with Crippen LogP contribution >= 0.6 is 0 Å². The Morgan fingerprint density at radius 3 is 2.82 bits per heavy atom. The maximum Gasteiger partial charge on any atom is 0.136 e. The van der Waals surface area contributed by atoms with Crippen LogP contribution in [0.15, 0.2) is 24.4 Å². The molecule has 2 aromatic rings. The molecule has 0 bridgehead atoms. The SMILES string of the molecule is Cc1cnc(N(C)CCO)c2cccc(NC3CCCC3)c12. The second-order valence-corrected chi connectivity index (χ2v) is 6.26. The number of fused-ring (bicyclic) bond motifs is 1. The van der Waals surface area contributed by atoms with E-state index in [0.717, 1.165) is 11.2 Å². The fourth-order valence-electron chi connectivity index (χ4n) is 3.43. The van der Waals surface area contributed by atoms with E-state index < -0.39 is 0 Å². The van der Waals surface area contributed by atoms with Crippen LogP contribution in [0.4, 0.5) is 11.5 Å². The predicted molar refractivity (Wildman–Crippen MR) is 92.7 cm³/mol. The molecule has 118 valence electrons. The average molecular weight is 299 g/mol. The number of aryl methyl sites for hydroxylation is 1. The number of aliphatic hydroxyl groups excluding tert-OH is 1. The van der Waals surface area contributed by atoms with Gasteiger partial charge < -0.3 is 15.3 Å². The Kier molecular flexibility index (Phi) is 4.48. The Labute approximate surface area is 132 Å². The zero-order chi connectivity index (χ0) is 15.5. The van der Waals surface area contributed by atoms with Crippen LogP contribution in [0.2, 0.25) is 0 Å². The number of aromatic nitrogens is 1. The lowest BCUT2D eigenvalue weighted by Crippen LogP contribution is -2.22. The van der Waals surface area contributed by atoms with E-state index in [2.05, 4.69) is 35.4 Å². The van der Waals surface area contributed by atoms with Crippen molar-refractivity contribution < 1.29 is 5.11 Å². The number of anilines is 2. The molecule has 1 fully saturated rings. The summed E-state index contributed by atoms with van der Waals surface area (Å²) in [5.74, 6) is 0.935. The van der Waals surface area contributed by atoms with Crippen molar-refractivity contribution in [1.82, 2.24) is 4.98 Å². The molecule has 0 saturated heterocycles. The summed E-state index contributed by atoms with van der Waals surface area (Å²) in [4.78, 5) is 6.60. The molecule has 1 saturated carbocycles. The van der Waals surface area contributed by atoms with Crippen LogP contribution < -0.4 is 10.2 Å². The zero-order valence-electron chi connectivity index (χ0n) is 13.5. The van der Waals surface area contributed by atoms with E-state index in [1.54, 1.807) is 0 Å². The summed E-state index contributed by atoms with van der Waals surface area (Å²) in [6.45, 7) is 2.84. The Morgan fingerprint density at radius 1 is 1.32 bits per heavy atom. The second kappa shape index (κ2) is 6.53. The first kappa shape index (κ1) is 15.1. The van der Waals surface area contributed by atoms with Gasteiger partial charge in [0.15, 0.2) is 0 Å². The van der Waals surface area contributed by atoms with E-state index in [1.807, 2.05) is 18.1 Å². The van der Waals surface area contributed by atoms with E-state index in [0.29, 0.717) is 12.6 Å². The maximum atomic E-state index is 9.19. The number of pyridine rings is 1. The molecule has 3 rings (SSSR count). The number of nitrogens with zero attached hydrogens (tertiary/aromatic N) is 2. The first-order valence-corrected chi connectivity index (χ1v) is 8.17. The summed E-state index contributed by atoms with van der Waals surface area (Å²) >= 11 is 0. The van der Waals surface area contributed by atoms with Gasteiger partial charge >= 0.3 is 0 Å². The molecule has 4 nitrogen and oxygen atoms in total. The lowest BCUT2D eigenvalue weighted by Gasteiger charge is -2.22. The van der Waals surface area contributed by atoms with Crippen LogP contribution in [0.1, 0.15) is 31.2 Å². The summed E-state index contributed by atoms with van der Waals surface area (Å²) in [7, 11) is 1.98. The summed E-state index contributed by atoms with van der Waals surface area (Å²) < 4.78 is 0. The van der Waals surface area contributed by atoms with Gasteiger partial charge in [-0.25, -0.2) is 4.98 Å². The third-order valence-electron chi connectivity index (χ3n) is 4.59. The van der Waals surface area contributed by atoms with Gasteiger partial charge in [-0.15, -0.1) is 0 Å². The third-order valence-corrected chi connectivity index (χ3v) is 4.59. The molecule has 4 heteroatoms. The molecule has 1 aliphatic carbocycles. The van der Waals surface area contributed by atoms with E-state index in [4.69, 9.17) is 0 Å². The number of rotatable bonds is 5. The Morgan fingerprint density at radius 2 is 2.09 bits per heavy atom. The van der Waals surface area contributed by atoms with Crippen molar-refractivity contribution in [2.45, 2.75) is 38.6 Å². The standard InChI is InChI=1S/C18H25N3O/c1-13-12-19-18(21(2)10-11-22)15-8-5-9-16(17(13)15)20-14-6-3-4-7-14/h5,8-9,12,14,20,22H,3-4,6-7,10-11H2,1-2H3. The van der Waals surface area contributed by atoms with Gasteiger partial charge in [0.1, 0.15) is 5.82 Å². The van der Waals surface area contributed by atoms with Crippen LogP contribution in [-0.4, -0.2) is 36.3 Å². The molecular formula is C18H25N3O. The van der Waals surface area contributed by atoms with E-state index >= 15 is 0 Å². The van der Waals surface area contributed by atoms with Crippen molar-refractivity contribution >= 4 is 22.3 Å². The van der Waals surface area contributed by atoms with Gasteiger partial charge in [0.05, 0.1) is 6.61 Å². The molecule has 0 amide bonds. The number of hydrogen-bond donors (Lipinski definition) is 2. The molecule has 1 aliphatic rings. The van der Waals surface area contributed by atoms with Gasteiger partial charge in [-0.05, 0) is 31.4 Å². The maximum absolute atomic E-state index is 9.19. The molecule has 0 spiro atoms. The van der Waals surface area contributed by atoms with Crippen molar-refractivity contribution in [3.8, 4) is 0 Å². The molecule has 2 N–H and O–H groups in total. The Hall–Kier alpha value is -1.81. The smallest absolute Gasteiger partial charge is 0.136 e. The van der Waals surface area contributed by atoms with Crippen molar-refractivity contribution in [2.75, 3.05) is 30.4 Å². The van der Waals surface area contributed by atoms with E-state index in [1.165, 1.54) is 42.3 Å². The molecule has 1 heterocycles. The highest BCUT2D eigenvalue weighted by molar-refractivity contribution is 6.02. The first-order chi connectivity index (χ1) is 10.7. The van der Waals surface area contributed by atoms with Crippen LogP contribution in [-0.2, 0) is 0 Å². The monoisotopic (exact) mass is 299 g/mol. The van der Waals surface area contributed by atoms with E-state index in [9.17, 15) is 5.11 Å². The van der Waals surface area contributed by atoms with Gasteiger partial charge in [0.25, 0.3) is 0 Å². The van der Waals surface area contributed by atoms with Crippen molar-refractivity contribution in [3.63, 3.8) is 0 Å². The predicted octanol–water partition coefficient (Wildman–Crippen LogP) is 3.33. The quantitative estimate of drug-likeness (QED) is 0.889. The van der Waals surface area contributed by atoms with E-state index in [-0.39, 0.29) is 6.61 Å². The molecule has 1 aromatic heterocycles. The third kappa shape index (κ3) is 2.88. The summed E-state index contributed by atoms with van der Waals surface area (Å²) in [6, 6.07) is 6.98. The molecule has 0 aliphatic heterocycles. The zero-order valence-corrected chi connectivity index (χ0v) is 13.5. The van der Waals surface area contributed by atoms with Crippen molar-refractivity contribution in [3.05, 3.63) is 30.0 Å². The summed E-state index contributed by atoms with van der Waals surface area (Å²) in [6.07, 6.45) is 7.11.